The summed E-state index contributed by atoms with van der Waals surface area (Å²) in [5.41, 5.74) is 8.56. The van der Waals surface area contributed by atoms with Gasteiger partial charge in [0.2, 0.25) is 0 Å². The van der Waals surface area contributed by atoms with Crippen molar-refractivity contribution in [1.82, 2.24) is 4.90 Å². The summed E-state index contributed by atoms with van der Waals surface area (Å²) < 4.78 is 0. The van der Waals surface area contributed by atoms with Gasteiger partial charge < -0.3 is 10.6 Å². The van der Waals surface area contributed by atoms with E-state index in [0.29, 0.717) is 17.1 Å². The molecule has 3 nitrogen and oxygen atoms in total. The van der Waals surface area contributed by atoms with Crippen LogP contribution in [0.15, 0.2) is 48.5 Å². The number of piperidine rings is 1. The Morgan fingerprint density at radius 1 is 1.13 bits per heavy atom. The van der Waals surface area contributed by atoms with E-state index in [1.807, 2.05) is 53.4 Å². The van der Waals surface area contributed by atoms with Crippen LogP contribution in [0.2, 0.25) is 5.02 Å². The van der Waals surface area contributed by atoms with E-state index in [1.165, 1.54) is 0 Å². The van der Waals surface area contributed by atoms with Crippen LogP contribution in [0.25, 0.3) is 11.1 Å². The number of benzene rings is 2. The van der Waals surface area contributed by atoms with Gasteiger partial charge in [-0.2, -0.15) is 0 Å². The first-order chi connectivity index (χ1) is 11.2. The van der Waals surface area contributed by atoms with Crippen LogP contribution in [-0.2, 0) is 0 Å². The highest BCUT2D eigenvalue weighted by atomic mass is 35.5. The standard InChI is InChI=1S/C19H21ClN2O/c20-17-8-4-6-15(12-17)14-5-3-7-16(11-14)19(23)22-10-2-1-9-18(22)13-21/h3-8,11-12,18H,1-2,9-10,13,21H2/t18-/m0/s1. The summed E-state index contributed by atoms with van der Waals surface area (Å²) in [6.07, 6.45) is 3.20. The lowest BCUT2D eigenvalue weighted by Crippen LogP contribution is -2.47. The van der Waals surface area contributed by atoms with Gasteiger partial charge in [-0.25, -0.2) is 0 Å². The molecule has 4 heteroatoms. The Morgan fingerprint density at radius 2 is 1.87 bits per heavy atom. The van der Waals surface area contributed by atoms with E-state index in [2.05, 4.69) is 0 Å². The molecule has 2 aromatic carbocycles. The van der Waals surface area contributed by atoms with Crippen LogP contribution in [0.1, 0.15) is 29.6 Å². The molecule has 0 aliphatic carbocycles. The van der Waals surface area contributed by atoms with Gasteiger partial charge in [-0.15, -0.1) is 0 Å². The van der Waals surface area contributed by atoms with Crippen LogP contribution in [-0.4, -0.2) is 29.9 Å². The number of halogens is 1. The maximum absolute atomic E-state index is 12.9. The SMILES string of the molecule is NC[C@@H]1CCCCN1C(=O)c1cccc(-c2cccc(Cl)c2)c1. The first-order valence-corrected chi connectivity index (χ1v) is 8.44. The Kier molecular flexibility index (Phi) is 4.99. The molecule has 0 unspecified atom stereocenters. The molecular formula is C19H21ClN2O. The van der Waals surface area contributed by atoms with E-state index < -0.39 is 0 Å². The Hall–Kier alpha value is -1.84. The van der Waals surface area contributed by atoms with Crippen molar-refractivity contribution in [3.8, 4) is 11.1 Å². The molecule has 2 aromatic rings. The third-order valence-electron chi connectivity index (χ3n) is 4.43. The fourth-order valence-electron chi connectivity index (χ4n) is 3.18. The molecule has 1 aliphatic rings. The number of nitrogens with two attached hydrogens (primary N) is 1. The van der Waals surface area contributed by atoms with Crippen LogP contribution in [0.3, 0.4) is 0 Å². The number of hydrogen-bond donors (Lipinski definition) is 1. The van der Waals surface area contributed by atoms with Crippen LogP contribution in [0, 0.1) is 0 Å². The largest absolute Gasteiger partial charge is 0.334 e. The van der Waals surface area contributed by atoms with Gasteiger partial charge in [0.15, 0.2) is 0 Å². The molecule has 0 bridgehead atoms. The molecule has 120 valence electrons. The fourth-order valence-corrected chi connectivity index (χ4v) is 3.37. The van der Waals surface area contributed by atoms with E-state index in [-0.39, 0.29) is 11.9 Å². The molecule has 0 aromatic heterocycles. The predicted molar refractivity (Wildman–Crippen MR) is 94.6 cm³/mol. The smallest absolute Gasteiger partial charge is 0.254 e. The molecule has 1 amide bonds. The van der Waals surface area contributed by atoms with Crippen LogP contribution in [0.4, 0.5) is 0 Å². The molecule has 1 aliphatic heterocycles. The van der Waals surface area contributed by atoms with E-state index in [0.717, 1.165) is 36.9 Å². The van der Waals surface area contributed by atoms with Crippen LogP contribution >= 0.6 is 11.6 Å². The summed E-state index contributed by atoms with van der Waals surface area (Å²) in [5.74, 6) is 0.0732. The summed E-state index contributed by atoms with van der Waals surface area (Å²) in [6.45, 7) is 1.32. The van der Waals surface area contributed by atoms with Gasteiger partial charge in [0, 0.05) is 29.7 Å². The van der Waals surface area contributed by atoms with Crippen molar-refractivity contribution in [2.24, 2.45) is 5.73 Å². The average molecular weight is 329 g/mol. The van der Waals surface area contributed by atoms with E-state index in [9.17, 15) is 4.79 Å². The summed E-state index contributed by atoms with van der Waals surface area (Å²) in [4.78, 5) is 14.8. The van der Waals surface area contributed by atoms with Crippen molar-refractivity contribution in [3.05, 3.63) is 59.1 Å². The number of rotatable bonds is 3. The molecule has 0 spiro atoms. The second-order valence-electron chi connectivity index (χ2n) is 5.98. The average Bonchev–Trinajstić information content (AvgIpc) is 2.61. The van der Waals surface area contributed by atoms with E-state index in [4.69, 9.17) is 17.3 Å². The molecule has 1 atom stereocenters. The lowest BCUT2D eigenvalue weighted by Gasteiger charge is -2.35. The van der Waals surface area contributed by atoms with Gasteiger partial charge in [0.1, 0.15) is 0 Å². The molecule has 1 heterocycles. The van der Waals surface area contributed by atoms with Gasteiger partial charge in [0.05, 0.1) is 0 Å². The van der Waals surface area contributed by atoms with Crippen molar-refractivity contribution in [2.45, 2.75) is 25.3 Å². The number of nitrogens with zero attached hydrogens (tertiary/aromatic N) is 1. The number of carbonyl (C=O) groups is 1. The zero-order valence-electron chi connectivity index (χ0n) is 13.0. The third kappa shape index (κ3) is 3.57. The maximum Gasteiger partial charge on any atom is 0.254 e. The van der Waals surface area contributed by atoms with Crippen LogP contribution < -0.4 is 5.73 Å². The molecule has 0 radical (unpaired) electrons. The summed E-state index contributed by atoms with van der Waals surface area (Å²) >= 11 is 6.07. The van der Waals surface area contributed by atoms with Gasteiger partial charge in [-0.05, 0) is 54.7 Å². The zero-order chi connectivity index (χ0) is 16.2. The fraction of sp³-hybridized carbons (Fsp3) is 0.316. The number of amides is 1. The quantitative estimate of drug-likeness (QED) is 0.927. The summed E-state index contributed by atoms with van der Waals surface area (Å²) in [6, 6.07) is 15.6. The molecule has 1 fully saturated rings. The molecule has 3 rings (SSSR count). The topological polar surface area (TPSA) is 46.3 Å². The van der Waals surface area contributed by atoms with E-state index >= 15 is 0 Å². The van der Waals surface area contributed by atoms with Crippen molar-refractivity contribution >= 4 is 17.5 Å². The number of carbonyl (C=O) groups excluding carboxylic acids is 1. The first kappa shape index (κ1) is 16.0. The van der Waals surface area contributed by atoms with Gasteiger partial charge >= 0.3 is 0 Å². The summed E-state index contributed by atoms with van der Waals surface area (Å²) in [5, 5.41) is 0.693. The highest BCUT2D eigenvalue weighted by molar-refractivity contribution is 6.30. The monoisotopic (exact) mass is 328 g/mol. The minimum atomic E-state index is 0.0732. The lowest BCUT2D eigenvalue weighted by atomic mass is 9.99. The Labute approximate surface area is 142 Å². The normalized spacial score (nSPS) is 18.0. The summed E-state index contributed by atoms with van der Waals surface area (Å²) in [7, 11) is 0. The highest BCUT2D eigenvalue weighted by Gasteiger charge is 2.26. The maximum atomic E-state index is 12.9. The van der Waals surface area contributed by atoms with Crippen molar-refractivity contribution in [3.63, 3.8) is 0 Å². The number of hydrogen-bond acceptors (Lipinski definition) is 2. The van der Waals surface area contributed by atoms with Gasteiger partial charge in [-0.3, -0.25) is 4.79 Å². The third-order valence-corrected chi connectivity index (χ3v) is 4.66. The minimum absolute atomic E-state index is 0.0732. The number of likely N-dealkylation sites (tertiary alicyclic amines) is 1. The highest BCUT2D eigenvalue weighted by Crippen LogP contribution is 2.25. The van der Waals surface area contributed by atoms with E-state index in [1.54, 1.807) is 0 Å². The zero-order valence-corrected chi connectivity index (χ0v) is 13.8. The van der Waals surface area contributed by atoms with Gasteiger partial charge in [0.25, 0.3) is 5.91 Å². The molecule has 2 N–H and O–H groups in total. The lowest BCUT2D eigenvalue weighted by molar-refractivity contribution is 0.0623. The molecule has 23 heavy (non-hydrogen) atoms. The molecular weight excluding hydrogens is 308 g/mol. The van der Waals surface area contributed by atoms with Crippen molar-refractivity contribution in [2.75, 3.05) is 13.1 Å². The van der Waals surface area contributed by atoms with Crippen molar-refractivity contribution < 1.29 is 4.79 Å². The Bertz CT molecular complexity index is 701. The predicted octanol–water partition coefficient (Wildman–Crippen LogP) is 3.96. The first-order valence-electron chi connectivity index (χ1n) is 8.06. The minimum Gasteiger partial charge on any atom is -0.334 e. The second-order valence-corrected chi connectivity index (χ2v) is 6.41. The van der Waals surface area contributed by atoms with Crippen molar-refractivity contribution in [1.29, 1.82) is 0 Å². The Balaban J connectivity index is 1.88. The molecule has 0 saturated carbocycles. The Morgan fingerprint density at radius 3 is 2.61 bits per heavy atom. The second kappa shape index (κ2) is 7.16. The van der Waals surface area contributed by atoms with Crippen LogP contribution in [0.5, 0.6) is 0 Å². The van der Waals surface area contributed by atoms with Gasteiger partial charge in [-0.1, -0.05) is 35.9 Å². The molecule has 1 saturated heterocycles.